The summed E-state index contributed by atoms with van der Waals surface area (Å²) in [7, 11) is 1.73. The van der Waals surface area contributed by atoms with Crippen molar-refractivity contribution in [2.45, 2.75) is 39.7 Å². The second kappa shape index (κ2) is 10.4. The lowest BCUT2D eigenvalue weighted by atomic mass is 10.0. The summed E-state index contributed by atoms with van der Waals surface area (Å²) in [5.74, 6) is 0.814. The van der Waals surface area contributed by atoms with Gasteiger partial charge in [-0.1, -0.05) is 13.8 Å². The number of methoxy groups -OCH3 is 1. The first kappa shape index (κ1) is 14.9. The summed E-state index contributed by atoms with van der Waals surface area (Å²) in [6.45, 7) is 10.6. The molecule has 0 aliphatic carbocycles. The number of nitrogens with one attached hydrogen (secondary N) is 2. The van der Waals surface area contributed by atoms with Gasteiger partial charge in [0, 0.05) is 32.8 Å². The van der Waals surface area contributed by atoms with E-state index in [1.807, 2.05) is 0 Å². The third-order valence-electron chi connectivity index (χ3n) is 2.45. The third-order valence-corrected chi connectivity index (χ3v) is 2.45. The Balaban J connectivity index is 3.13. The van der Waals surface area contributed by atoms with Gasteiger partial charge in [0.2, 0.25) is 0 Å². The summed E-state index contributed by atoms with van der Waals surface area (Å²) in [6.07, 6.45) is 2.58. The third kappa shape index (κ3) is 11.8. The molecule has 0 bridgehead atoms. The molecule has 0 spiro atoms. The Morgan fingerprint density at radius 1 is 1.00 bits per heavy atom. The molecule has 0 aromatic carbocycles. The van der Waals surface area contributed by atoms with Gasteiger partial charge in [-0.15, -0.1) is 0 Å². The molecule has 15 heavy (non-hydrogen) atoms. The molecular weight excluding hydrogens is 188 g/mol. The second-order valence-electron chi connectivity index (χ2n) is 4.57. The van der Waals surface area contributed by atoms with E-state index in [9.17, 15) is 0 Å². The van der Waals surface area contributed by atoms with Crippen LogP contribution in [0.5, 0.6) is 0 Å². The van der Waals surface area contributed by atoms with Crippen molar-refractivity contribution in [1.82, 2.24) is 10.6 Å². The summed E-state index contributed by atoms with van der Waals surface area (Å²) in [5.41, 5.74) is 0. The maximum atomic E-state index is 4.95. The highest BCUT2D eigenvalue weighted by molar-refractivity contribution is 4.62. The minimum Gasteiger partial charge on any atom is -0.383 e. The van der Waals surface area contributed by atoms with E-state index in [0.29, 0.717) is 6.04 Å². The van der Waals surface area contributed by atoms with Crippen LogP contribution in [-0.4, -0.2) is 39.4 Å². The molecular formula is C12H28N2O. The first-order valence-electron chi connectivity index (χ1n) is 6.09. The monoisotopic (exact) mass is 216 g/mol. The van der Waals surface area contributed by atoms with Crippen LogP contribution >= 0.6 is 0 Å². The first-order chi connectivity index (χ1) is 7.16. The zero-order valence-electron chi connectivity index (χ0n) is 10.8. The van der Waals surface area contributed by atoms with Gasteiger partial charge in [-0.2, -0.15) is 0 Å². The van der Waals surface area contributed by atoms with Gasteiger partial charge in [-0.25, -0.2) is 0 Å². The van der Waals surface area contributed by atoms with E-state index in [1.54, 1.807) is 7.11 Å². The van der Waals surface area contributed by atoms with Crippen LogP contribution in [-0.2, 0) is 4.74 Å². The van der Waals surface area contributed by atoms with Crippen LogP contribution in [0.1, 0.15) is 33.6 Å². The van der Waals surface area contributed by atoms with Crippen molar-refractivity contribution in [3.05, 3.63) is 0 Å². The minimum absolute atomic E-state index is 0.636. The van der Waals surface area contributed by atoms with Gasteiger partial charge in [-0.3, -0.25) is 0 Å². The standard InChI is InChI=1S/C12H28N2O/c1-11(2)5-6-12(3)14-8-7-13-9-10-15-4/h11-14H,5-10H2,1-4H3. The summed E-state index contributed by atoms with van der Waals surface area (Å²) >= 11 is 0. The molecule has 0 saturated carbocycles. The van der Waals surface area contributed by atoms with Gasteiger partial charge in [0.05, 0.1) is 6.61 Å². The van der Waals surface area contributed by atoms with Crippen LogP contribution < -0.4 is 10.6 Å². The molecule has 0 amide bonds. The van der Waals surface area contributed by atoms with Crippen LogP contribution in [0.25, 0.3) is 0 Å². The zero-order valence-corrected chi connectivity index (χ0v) is 10.8. The van der Waals surface area contributed by atoms with E-state index < -0.39 is 0 Å². The van der Waals surface area contributed by atoms with E-state index >= 15 is 0 Å². The van der Waals surface area contributed by atoms with Crippen LogP contribution in [0.3, 0.4) is 0 Å². The molecule has 3 nitrogen and oxygen atoms in total. The van der Waals surface area contributed by atoms with Crippen molar-refractivity contribution in [3.8, 4) is 0 Å². The molecule has 92 valence electrons. The van der Waals surface area contributed by atoms with Crippen molar-refractivity contribution in [3.63, 3.8) is 0 Å². The van der Waals surface area contributed by atoms with Crippen molar-refractivity contribution in [1.29, 1.82) is 0 Å². The maximum absolute atomic E-state index is 4.95. The quantitative estimate of drug-likeness (QED) is 0.545. The van der Waals surface area contributed by atoms with Crippen molar-refractivity contribution in [2.24, 2.45) is 5.92 Å². The Labute approximate surface area is 95.0 Å². The molecule has 0 heterocycles. The fourth-order valence-corrected chi connectivity index (χ4v) is 1.39. The van der Waals surface area contributed by atoms with Crippen molar-refractivity contribution < 1.29 is 4.74 Å². The Morgan fingerprint density at radius 2 is 1.73 bits per heavy atom. The lowest BCUT2D eigenvalue weighted by molar-refractivity contribution is 0.199. The molecule has 0 aliphatic heterocycles. The molecule has 0 aromatic heterocycles. The van der Waals surface area contributed by atoms with E-state index in [-0.39, 0.29) is 0 Å². The molecule has 0 aromatic rings. The number of rotatable bonds is 10. The molecule has 2 N–H and O–H groups in total. The average Bonchev–Trinajstić information content (AvgIpc) is 2.20. The summed E-state index contributed by atoms with van der Waals surface area (Å²) in [5, 5.41) is 6.83. The van der Waals surface area contributed by atoms with Crippen LogP contribution in [0.2, 0.25) is 0 Å². The van der Waals surface area contributed by atoms with Gasteiger partial charge < -0.3 is 15.4 Å². The Hall–Kier alpha value is -0.120. The highest BCUT2D eigenvalue weighted by Gasteiger charge is 2.01. The molecule has 0 fully saturated rings. The maximum Gasteiger partial charge on any atom is 0.0587 e. The Bertz CT molecular complexity index is 129. The molecule has 0 rings (SSSR count). The van der Waals surface area contributed by atoms with Gasteiger partial charge in [0.15, 0.2) is 0 Å². The molecule has 0 aliphatic rings. The largest absolute Gasteiger partial charge is 0.383 e. The predicted molar refractivity (Wildman–Crippen MR) is 66.3 cm³/mol. The van der Waals surface area contributed by atoms with Crippen molar-refractivity contribution in [2.75, 3.05) is 33.4 Å². The number of ether oxygens (including phenoxy) is 1. The number of hydrogen-bond donors (Lipinski definition) is 2. The van der Waals surface area contributed by atoms with Crippen molar-refractivity contribution >= 4 is 0 Å². The van der Waals surface area contributed by atoms with Gasteiger partial charge in [0.1, 0.15) is 0 Å². The average molecular weight is 216 g/mol. The van der Waals surface area contributed by atoms with Gasteiger partial charge in [-0.05, 0) is 25.7 Å². The smallest absolute Gasteiger partial charge is 0.0587 e. The number of hydrogen-bond acceptors (Lipinski definition) is 3. The highest BCUT2D eigenvalue weighted by Crippen LogP contribution is 2.05. The Kier molecular flexibility index (Phi) is 10.3. The summed E-state index contributed by atoms with van der Waals surface area (Å²) < 4.78 is 4.95. The van der Waals surface area contributed by atoms with E-state index in [0.717, 1.165) is 32.2 Å². The predicted octanol–water partition coefficient (Wildman–Crippen LogP) is 1.64. The fraction of sp³-hybridized carbons (Fsp3) is 1.00. The SMILES string of the molecule is COCCNCCNC(C)CCC(C)C. The first-order valence-corrected chi connectivity index (χ1v) is 6.09. The summed E-state index contributed by atoms with van der Waals surface area (Å²) in [4.78, 5) is 0. The van der Waals surface area contributed by atoms with Gasteiger partial charge >= 0.3 is 0 Å². The van der Waals surface area contributed by atoms with Crippen LogP contribution in [0.4, 0.5) is 0 Å². The highest BCUT2D eigenvalue weighted by atomic mass is 16.5. The second-order valence-corrected chi connectivity index (χ2v) is 4.57. The molecule has 1 atom stereocenters. The minimum atomic E-state index is 0.636. The van der Waals surface area contributed by atoms with Crippen LogP contribution in [0.15, 0.2) is 0 Å². The lowest BCUT2D eigenvalue weighted by Crippen LogP contribution is -2.34. The lowest BCUT2D eigenvalue weighted by Gasteiger charge is -2.15. The zero-order chi connectivity index (χ0) is 11.5. The molecule has 0 saturated heterocycles. The Morgan fingerprint density at radius 3 is 2.33 bits per heavy atom. The van der Waals surface area contributed by atoms with Gasteiger partial charge in [0.25, 0.3) is 0 Å². The topological polar surface area (TPSA) is 33.3 Å². The fourth-order valence-electron chi connectivity index (χ4n) is 1.39. The van der Waals surface area contributed by atoms with E-state index in [2.05, 4.69) is 31.4 Å². The molecule has 3 heteroatoms. The van der Waals surface area contributed by atoms with Crippen LogP contribution in [0, 0.1) is 5.92 Å². The molecule has 0 radical (unpaired) electrons. The normalized spacial score (nSPS) is 13.4. The van der Waals surface area contributed by atoms with E-state index in [1.165, 1.54) is 12.8 Å². The summed E-state index contributed by atoms with van der Waals surface area (Å²) in [6, 6.07) is 0.636. The molecule has 1 unspecified atom stereocenters. The van der Waals surface area contributed by atoms with E-state index in [4.69, 9.17) is 4.74 Å².